The lowest BCUT2D eigenvalue weighted by Crippen LogP contribution is -2.22. The fourth-order valence-electron chi connectivity index (χ4n) is 2.05. The van der Waals surface area contributed by atoms with Crippen LogP contribution < -0.4 is 5.32 Å². The van der Waals surface area contributed by atoms with Crippen LogP contribution in [0, 0.1) is 5.92 Å². The molecule has 0 aromatic carbocycles. The molecule has 0 saturated heterocycles. The topological polar surface area (TPSA) is 45.1 Å². The van der Waals surface area contributed by atoms with E-state index in [9.17, 15) is 5.11 Å². The zero-order chi connectivity index (χ0) is 12.4. The van der Waals surface area contributed by atoms with Gasteiger partial charge in [-0.05, 0) is 18.9 Å². The minimum absolute atomic E-state index is 0.227. The molecule has 1 aromatic heterocycles. The van der Waals surface area contributed by atoms with Crippen molar-refractivity contribution in [2.24, 2.45) is 5.92 Å². The number of nitrogens with one attached hydrogen (secondary N) is 1. The van der Waals surface area contributed by atoms with E-state index >= 15 is 0 Å². The zero-order valence-electron chi connectivity index (χ0n) is 9.09. The van der Waals surface area contributed by atoms with Gasteiger partial charge in [-0.3, -0.25) is 0 Å². The Bertz CT molecular complexity index is 414. The van der Waals surface area contributed by atoms with Gasteiger partial charge in [0.05, 0.1) is 16.1 Å². The third-order valence-electron chi connectivity index (χ3n) is 3.04. The average molecular weight is 296 g/mol. The second-order valence-electron chi connectivity index (χ2n) is 4.23. The van der Waals surface area contributed by atoms with Crippen LogP contribution in [0.3, 0.4) is 0 Å². The number of hydrogen-bond donors (Lipinski definition) is 2. The largest absolute Gasteiger partial charge is 0.393 e. The summed E-state index contributed by atoms with van der Waals surface area (Å²) in [5.74, 6) is 0.766. The highest BCUT2D eigenvalue weighted by molar-refractivity contribution is 6.42. The van der Waals surface area contributed by atoms with E-state index in [1.54, 1.807) is 6.07 Å². The minimum atomic E-state index is -0.232. The molecule has 1 saturated carbocycles. The van der Waals surface area contributed by atoms with Gasteiger partial charge >= 0.3 is 0 Å². The molecule has 2 rings (SSSR count). The van der Waals surface area contributed by atoms with Gasteiger partial charge in [0.1, 0.15) is 11.0 Å². The number of pyridine rings is 1. The molecule has 2 N–H and O–H groups in total. The summed E-state index contributed by atoms with van der Waals surface area (Å²) in [5, 5.41) is 13.8. The summed E-state index contributed by atoms with van der Waals surface area (Å²) in [4.78, 5) is 4.07. The first kappa shape index (κ1) is 13.2. The van der Waals surface area contributed by atoms with Crippen LogP contribution in [0.2, 0.25) is 15.2 Å². The average Bonchev–Trinajstić information content (AvgIpc) is 2.68. The molecule has 1 aromatic rings. The standard InChI is InChI=1S/C11H13Cl3N2O/c12-7-4-8(13)11(16-10(7)14)15-5-6-2-1-3-9(6)17/h4,6,9,17H,1-3,5H2,(H,15,16). The van der Waals surface area contributed by atoms with E-state index in [0.717, 1.165) is 19.3 Å². The van der Waals surface area contributed by atoms with Crippen molar-refractivity contribution in [3.8, 4) is 0 Å². The third-order valence-corrected chi connectivity index (χ3v) is 4.00. The molecular weight excluding hydrogens is 282 g/mol. The van der Waals surface area contributed by atoms with Crippen molar-refractivity contribution in [3.05, 3.63) is 21.3 Å². The van der Waals surface area contributed by atoms with Crippen LogP contribution in [0.25, 0.3) is 0 Å². The summed E-state index contributed by atoms with van der Waals surface area (Å²) in [6.07, 6.45) is 2.72. The molecule has 2 unspecified atom stereocenters. The molecule has 6 heteroatoms. The smallest absolute Gasteiger partial charge is 0.150 e. The predicted molar refractivity (Wildman–Crippen MR) is 71.1 cm³/mol. The van der Waals surface area contributed by atoms with Crippen LogP contribution in [0.1, 0.15) is 19.3 Å². The van der Waals surface area contributed by atoms with Crippen molar-refractivity contribution >= 4 is 40.6 Å². The van der Waals surface area contributed by atoms with Gasteiger partial charge in [-0.1, -0.05) is 41.2 Å². The molecule has 3 nitrogen and oxygen atoms in total. The summed E-state index contributed by atoms with van der Waals surface area (Å²) in [6, 6.07) is 1.56. The van der Waals surface area contributed by atoms with Gasteiger partial charge in [0.15, 0.2) is 0 Å². The Hall–Kier alpha value is -0.220. The van der Waals surface area contributed by atoms with Crippen LogP contribution in [0.5, 0.6) is 0 Å². The second-order valence-corrected chi connectivity index (χ2v) is 5.40. The van der Waals surface area contributed by atoms with Gasteiger partial charge < -0.3 is 10.4 Å². The molecule has 1 heterocycles. The van der Waals surface area contributed by atoms with E-state index < -0.39 is 0 Å². The van der Waals surface area contributed by atoms with Crippen LogP contribution in [-0.4, -0.2) is 22.7 Å². The van der Waals surface area contributed by atoms with Gasteiger partial charge in [0.25, 0.3) is 0 Å². The number of nitrogens with zero attached hydrogens (tertiary/aromatic N) is 1. The summed E-state index contributed by atoms with van der Waals surface area (Å²) in [6.45, 7) is 0.645. The van der Waals surface area contributed by atoms with E-state index in [1.807, 2.05) is 0 Å². The third kappa shape index (κ3) is 3.16. The Labute approximate surface area is 115 Å². The normalized spacial score (nSPS) is 24.0. The Morgan fingerprint density at radius 3 is 2.71 bits per heavy atom. The van der Waals surface area contributed by atoms with Gasteiger partial charge in [-0.2, -0.15) is 0 Å². The van der Waals surface area contributed by atoms with E-state index in [2.05, 4.69) is 10.3 Å². The number of aromatic nitrogens is 1. The fourth-order valence-corrected chi connectivity index (χ4v) is 2.62. The van der Waals surface area contributed by atoms with Crippen molar-refractivity contribution in [2.45, 2.75) is 25.4 Å². The fraction of sp³-hybridized carbons (Fsp3) is 0.545. The molecule has 2 atom stereocenters. The van der Waals surface area contributed by atoms with E-state index in [4.69, 9.17) is 34.8 Å². The quantitative estimate of drug-likeness (QED) is 0.837. The molecular formula is C11H13Cl3N2O. The predicted octanol–water partition coefficient (Wildman–Crippen LogP) is 3.61. The van der Waals surface area contributed by atoms with E-state index in [0.29, 0.717) is 22.4 Å². The first-order chi connectivity index (χ1) is 8.08. The van der Waals surface area contributed by atoms with E-state index in [-0.39, 0.29) is 17.2 Å². The Balaban J connectivity index is 2.01. The van der Waals surface area contributed by atoms with Crippen LogP contribution in [-0.2, 0) is 0 Å². The molecule has 1 fully saturated rings. The van der Waals surface area contributed by atoms with Crippen LogP contribution in [0.15, 0.2) is 6.07 Å². The second kappa shape index (κ2) is 5.61. The number of hydrogen-bond acceptors (Lipinski definition) is 3. The molecule has 1 aliphatic rings. The number of anilines is 1. The van der Waals surface area contributed by atoms with Gasteiger partial charge in [-0.15, -0.1) is 0 Å². The molecule has 0 bridgehead atoms. The molecule has 0 aliphatic heterocycles. The van der Waals surface area contributed by atoms with Crippen molar-refractivity contribution in [3.63, 3.8) is 0 Å². The molecule has 1 aliphatic carbocycles. The maximum absolute atomic E-state index is 9.69. The van der Waals surface area contributed by atoms with Gasteiger partial charge in [0, 0.05) is 12.5 Å². The highest BCUT2D eigenvalue weighted by Gasteiger charge is 2.25. The van der Waals surface area contributed by atoms with Crippen molar-refractivity contribution < 1.29 is 5.11 Å². The maximum Gasteiger partial charge on any atom is 0.150 e. The maximum atomic E-state index is 9.69. The lowest BCUT2D eigenvalue weighted by atomic mass is 10.1. The summed E-state index contributed by atoms with van der Waals surface area (Å²) >= 11 is 17.6. The van der Waals surface area contributed by atoms with Gasteiger partial charge in [-0.25, -0.2) is 4.98 Å². The van der Waals surface area contributed by atoms with Crippen LogP contribution >= 0.6 is 34.8 Å². The number of aliphatic hydroxyl groups excluding tert-OH is 1. The summed E-state index contributed by atoms with van der Waals surface area (Å²) in [7, 11) is 0. The number of rotatable bonds is 3. The number of halogens is 3. The lowest BCUT2D eigenvalue weighted by molar-refractivity contribution is 0.138. The highest BCUT2D eigenvalue weighted by atomic mass is 35.5. The lowest BCUT2D eigenvalue weighted by Gasteiger charge is -2.16. The molecule has 17 heavy (non-hydrogen) atoms. The Morgan fingerprint density at radius 2 is 2.06 bits per heavy atom. The van der Waals surface area contributed by atoms with Crippen molar-refractivity contribution in [1.29, 1.82) is 0 Å². The van der Waals surface area contributed by atoms with Gasteiger partial charge in [0.2, 0.25) is 0 Å². The molecule has 94 valence electrons. The minimum Gasteiger partial charge on any atom is -0.393 e. The Kier molecular flexibility index (Phi) is 4.36. The Morgan fingerprint density at radius 1 is 1.29 bits per heavy atom. The molecule has 0 spiro atoms. The monoisotopic (exact) mass is 294 g/mol. The zero-order valence-corrected chi connectivity index (χ0v) is 11.4. The SMILES string of the molecule is OC1CCCC1CNc1nc(Cl)c(Cl)cc1Cl. The summed E-state index contributed by atoms with van der Waals surface area (Å²) < 4.78 is 0. The van der Waals surface area contributed by atoms with Crippen molar-refractivity contribution in [2.75, 3.05) is 11.9 Å². The highest BCUT2D eigenvalue weighted by Crippen LogP contribution is 2.30. The molecule has 0 amide bonds. The van der Waals surface area contributed by atoms with E-state index in [1.165, 1.54) is 0 Å². The first-order valence-electron chi connectivity index (χ1n) is 5.51. The summed E-state index contributed by atoms with van der Waals surface area (Å²) in [5.41, 5.74) is 0. The van der Waals surface area contributed by atoms with Crippen molar-refractivity contribution in [1.82, 2.24) is 4.98 Å². The van der Waals surface area contributed by atoms with Crippen LogP contribution in [0.4, 0.5) is 5.82 Å². The molecule has 0 radical (unpaired) electrons. The number of aliphatic hydroxyl groups is 1. The first-order valence-corrected chi connectivity index (χ1v) is 6.65.